The second kappa shape index (κ2) is 5.89. The molecule has 7 heteroatoms. The second-order valence-corrected chi connectivity index (χ2v) is 7.02. The standard InChI is InChI=1S/C18H19F2N3O2/c1-11-3-2-4-12(7-11)8-15(24)23-10-18(19,20)9-14(23)17-22-21-16(25-17)13-5-6-13/h2-4,7,13-14H,5-6,8-10H2,1H3/t14-/m0/s1. The van der Waals surface area contributed by atoms with Crippen LogP contribution in [0.3, 0.4) is 0 Å². The van der Waals surface area contributed by atoms with E-state index in [2.05, 4.69) is 10.2 Å². The molecule has 2 aliphatic rings. The predicted molar refractivity (Wildman–Crippen MR) is 85.2 cm³/mol. The number of carbonyl (C=O) groups is 1. The molecule has 1 amide bonds. The largest absolute Gasteiger partial charge is 0.423 e. The van der Waals surface area contributed by atoms with Crippen LogP contribution in [-0.4, -0.2) is 33.5 Å². The molecule has 1 aromatic heterocycles. The van der Waals surface area contributed by atoms with Crippen LogP contribution in [0.4, 0.5) is 8.78 Å². The van der Waals surface area contributed by atoms with Gasteiger partial charge < -0.3 is 9.32 Å². The van der Waals surface area contributed by atoms with E-state index in [-0.39, 0.29) is 24.1 Å². The number of alkyl halides is 2. The lowest BCUT2D eigenvalue weighted by Gasteiger charge is -2.21. The van der Waals surface area contributed by atoms with Crippen molar-refractivity contribution in [3.63, 3.8) is 0 Å². The Morgan fingerprint density at radius 3 is 2.80 bits per heavy atom. The monoisotopic (exact) mass is 347 g/mol. The Bertz CT molecular complexity index is 801. The quantitative estimate of drug-likeness (QED) is 0.850. The van der Waals surface area contributed by atoms with Crippen molar-refractivity contribution >= 4 is 5.91 Å². The highest BCUT2D eigenvalue weighted by atomic mass is 19.3. The number of likely N-dealkylation sites (tertiary alicyclic amines) is 1. The van der Waals surface area contributed by atoms with Crippen LogP contribution >= 0.6 is 0 Å². The molecule has 4 rings (SSSR count). The zero-order valence-electron chi connectivity index (χ0n) is 13.9. The van der Waals surface area contributed by atoms with Crippen molar-refractivity contribution in [2.45, 2.75) is 50.5 Å². The van der Waals surface area contributed by atoms with Crippen LogP contribution in [0.2, 0.25) is 0 Å². The molecular weight excluding hydrogens is 328 g/mol. The first-order valence-corrected chi connectivity index (χ1v) is 8.47. The molecule has 0 bridgehead atoms. The Kier molecular flexibility index (Phi) is 3.81. The Hall–Kier alpha value is -2.31. The highest BCUT2D eigenvalue weighted by Gasteiger charge is 2.49. The highest BCUT2D eigenvalue weighted by molar-refractivity contribution is 5.79. The number of hydrogen-bond donors (Lipinski definition) is 0. The van der Waals surface area contributed by atoms with Gasteiger partial charge in [0, 0.05) is 12.3 Å². The minimum Gasteiger partial charge on any atom is -0.423 e. The summed E-state index contributed by atoms with van der Waals surface area (Å²) in [5.74, 6) is -2.42. The van der Waals surface area contributed by atoms with Crippen LogP contribution in [0, 0.1) is 6.92 Å². The van der Waals surface area contributed by atoms with Crippen LogP contribution in [0.25, 0.3) is 0 Å². The van der Waals surface area contributed by atoms with Gasteiger partial charge in [0.25, 0.3) is 5.92 Å². The Balaban J connectivity index is 1.55. The van der Waals surface area contributed by atoms with E-state index < -0.39 is 24.9 Å². The van der Waals surface area contributed by atoms with Crippen molar-refractivity contribution in [2.24, 2.45) is 0 Å². The van der Waals surface area contributed by atoms with Gasteiger partial charge >= 0.3 is 0 Å². The predicted octanol–water partition coefficient (Wildman–Crippen LogP) is 3.41. The summed E-state index contributed by atoms with van der Waals surface area (Å²) in [5, 5.41) is 7.90. The molecule has 25 heavy (non-hydrogen) atoms. The van der Waals surface area contributed by atoms with Crippen molar-refractivity contribution in [3.05, 3.63) is 47.2 Å². The number of carbonyl (C=O) groups excluding carboxylic acids is 1. The van der Waals surface area contributed by atoms with E-state index in [1.807, 2.05) is 31.2 Å². The first-order valence-electron chi connectivity index (χ1n) is 8.47. The van der Waals surface area contributed by atoms with E-state index in [4.69, 9.17) is 4.42 Å². The molecule has 2 aromatic rings. The van der Waals surface area contributed by atoms with Gasteiger partial charge in [-0.05, 0) is 25.3 Å². The van der Waals surface area contributed by atoms with Gasteiger partial charge in [-0.3, -0.25) is 4.79 Å². The molecule has 1 aromatic carbocycles. The zero-order valence-corrected chi connectivity index (χ0v) is 13.9. The van der Waals surface area contributed by atoms with Gasteiger partial charge in [0.1, 0.15) is 6.04 Å². The summed E-state index contributed by atoms with van der Waals surface area (Å²) in [5.41, 5.74) is 1.84. The van der Waals surface area contributed by atoms with Crippen LogP contribution in [0.1, 0.15) is 54.1 Å². The van der Waals surface area contributed by atoms with Crippen molar-refractivity contribution in [2.75, 3.05) is 6.54 Å². The van der Waals surface area contributed by atoms with Crippen LogP contribution in [0.15, 0.2) is 28.7 Å². The number of rotatable bonds is 4. The van der Waals surface area contributed by atoms with E-state index in [0.717, 1.165) is 24.0 Å². The maximum absolute atomic E-state index is 14.0. The highest BCUT2D eigenvalue weighted by Crippen LogP contribution is 2.43. The third-order valence-corrected chi connectivity index (χ3v) is 4.70. The van der Waals surface area contributed by atoms with Gasteiger partial charge in [0.15, 0.2) is 0 Å². The van der Waals surface area contributed by atoms with E-state index in [0.29, 0.717) is 5.89 Å². The average molecular weight is 347 g/mol. The Morgan fingerprint density at radius 2 is 2.08 bits per heavy atom. The third-order valence-electron chi connectivity index (χ3n) is 4.70. The Labute approximate surface area is 144 Å². The van der Waals surface area contributed by atoms with Crippen molar-refractivity contribution < 1.29 is 18.0 Å². The molecule has 2 fully saturated rings. The molecule has 5 nitrogen and oxygen atoms in total. The number of benzene rings is 1. The van der Waals surface area contributed by atoms with Gasteiger partial charge in [0.2, 0.25) is 17.7 Å². The van der Waals surface area contributed by atoms with Gasteiger partial charge in [-0.1, -0.05) is 29.8 Å². The molecule has 2 heterocycles. The summed E-state index contributed by atoms with van der Waals surface area (Å²) in [7, 11) is 0. The third kappa shape index (κ3) is 3.41. The van der Waals surface area contributed by atoms with Crippen molar-refractivity contribution in [3.8, 4) is 0 Å². The number of hydrogen-bond acceptors (Lipinski definition) is 4. The molecule has 1 aliphatic heterocycles. The summed E-state index contributed by atoms with van der Waals surface area (Å²) in [6.07, 6.45) is 1.58. The number of aryl methyl sites for hydroxylation is 1. The minimum absolute atomic E-state index is 0.0812. The number of halogens is 2. The van der Waals surface area contributed by atoms with Gasteiger partial charge in [-0.2, -0.15) is 0 Å². The summed E-state index contributed by atoms with van der Waals surface area (Å²) in [6, 6.07) is 6.64. The molecule has 0 N–H and O–H groups in total. The van der Waals surface area contributed by atoms with E-state index in [1.54, 1.807) is 0 Å². The molecule has 132 valence electrons. The second-order valence-electron chi connectivity index (χ2n) is 7.02. The lowest BCUT2D eigenvalue weighted by Crippen LogP contribution is -2.34. The minimum atomic E-state index is -2.94. The van der Waals surface area contributed by atoms with Gasteiger partial charge in [-0.25, -0.2) is 8.78 Å². The number of aromatic nitrogens is 2. The van der Waals surface area contributed by atoms with Crippen LogP contribution in [-0.2, 0) is 11.2 Å². The molecule has 1 aliphatic carbocycles. The molecular formula is C18H19F2N3O2. The fraction of sp³-hybridized carbons (Fsp3) is 0.500. The summed E-state index contributed by atoms with van der Waals surface area (Å²) in [6.45, 7) is 1.32. The van der Waals surface area contributed by atoms with Crippen LogP contribution in [0.5, 0.6) is 0 Å². The summed E-state index contributed by atoms with van der Waals surface area (Å²) < 4.78 is 33.6. The fourth-order valence-corrected chi connectivity index (χ4v) is 3.27. The van der Waals surface area contributed by atoms with Gasteiger partial charge in [-0.15, -0.1) is 10.2 Å². The lowest BCUT2D eigenvalue weighted by atomic mass is 10.1. The molecule has 0 unspecified atom stereocenters. The fourth-order valence-electron chi connectivity index (χ4n) is 3.27. The average Bonchev–Trinajstić information content (AvgIpc) is 3.18. The smallest absolute Gasteiger partial charge is 0.267 e. The first kappa shape index (κ1) is 16.2. The summed E-state index contributed by atoms with van der Waals surface area (Å²) in [4.78, 5) is 13.8. The number of nitrogens with zero attached hydrogens (tertiary/aromatic N) is 3. The maximum atomic E-state index is 14.0. The Morgan fingerprint density at radius 1 is 1.32 bits per heavy atom. The maximum Gasteiger partial charge on any atom is 0.267 e. The molecule has 0 spiro atoms. The zero-order chi connectivity index (χ0) is 17.6. The van der Waals surface area contributed by atoms with Crippen molar-refractivity contribution in [1.29, 1.82) is 0 Å². The normalized spacial score (nSPS) is 22.4. The molecule has 1 atom stereocenters. The van der Waals surface area contributed by atoms with Gasteiger partial charge in [0.05, 0.1) is 13.0 Å². The number of amides is 1. The topological polar surface area (TPSA) is 59.2 Å². The SMILES string of the molecule is Cc1cccc(CC(=O)N2CC(F)(F)C[C@H]2c2nnc(C3CC3)o2)c1. The van der Waals surface area contributed by atoms with E-state index in [9.17, 15) is 13.6 Å². The van der Waals surface area contributed by atoms with E-state index >= 15 is 0 Å². The van der Waals surface area contributed by atoms with E-state index in [1.165, 1.54) is 4.90 Å². The molecule has 0 radical (unpaired) electrons. The first-order chi connectivity index (χ1) is 11.9. The van der Waals surface area contributed by atoms with Crippen LogP contribution < -0.4 is 0 Å². The molecule has 1 saturated carbocycles. The summed E-state index contributed by atoms with van der Waals surface area (Å²) >= 11 is 0. The molecule has 1 saturated heterocycles. The van der Waals surface area contributed by atoms with Crippen molar-refractivity contribution in [1.82, 2.24) is 15.1 Å². The lowest BCUT2D eigenvalue weighted by molar-refractivity contribution is -0.133.